The summed E-state index contributed by atoms with van der Waals surface area (Å²) in [5.74, 6) is -0.0111. The van der Waals surface area contributed by atoms with Gasteiger partial charge in [-0.3, -0.25) is 9.59 Å². The molecule has 4 heteroatoms. The summed E-state index contributed by atoms with van der Waals surface area (Å²) in [4.78, 5) is 26.5. The fraction of sp³-hybridized carbons (Fsp3) is 0.579. The summed E-state index contributed by atoms with van der Waals surface area (Å²) in [5.41, 5.74) is 0.741. The van der Waals surface area contributed by atoms with E-state index in [-0.39, 0.29) is 17.8 Å². The van der Waals surface area contributed by atoms with Crippen molar-refractivity contribution in [1.29, 1.82) is 0 Å². The van der Waals surface area contributed by atoms with Crippen molar-refractivity contribution >= 4 is 11.9 Å². The Morgan fingerprint density at radius 2 is 1.78 bits per heavy atom. The lowest BCUT2D eigenvalue weighted by atomic mass is 9.83. The average Bonchev–Trinajstić information content (AvgIpc) is 2.55. The van der Waals surface area contributed by atoms with Crippen molar-refractivity contribution < 1.29 is 14.3 Å². The van der Waals surface area contributed by atoms with E-state index in [1.807, 2.05) is 43.9 Å². The molecule has 0 atom stereocenters. The van der Waals surface area contributed by atoms with Gasteiger partial charge in [0.15, 0.2) is 0 Å². The number of amides is 1. The van der Waals surface area contributed by atoms with Gasteiger partial charge in [-0.15, -0.1) is 0 Å². The number of carbonyl (C=O) groups excluding carboxylic acids is 2. The predicted octanol–water partition coefficient (Wildman–Crippen LogP) is 3.06. The Kier molecular flexibility index (Phi) is 5.80. The molecule has 0 bridgehead atoms. The first-order valence-corrected chi connectivity index (χ1v) is 8.44. The monoisotopic (exact) mass is 317 g/mol. The molecule has 0 spiro atoms. The Morgan fingerprint density at radius 3 is 2.35 bits per heavy atom. The van der Waals surface area contributed by atoms with Gasteiger partial charge in [-0.05, 0) is 31.7 Å². The van der Waals surface area contributed by atoms with Crippen LogP contribution in [0.15, 0.2) is 30.3 Å². The van der Waals surface area contributed by atoms with Gasteiger partial charge in [0, 0.05) is 18.5 Å². The third kappa shape index (κ3) is 4.57. The van der Waals surface area contributed by atoms with Crippen molar-refractivity contribution in [2.24, 2.45) is 11.3 Å². The highest BCUT2D eigenvalue weighted by Gasteiger charge is 2.35. The number of carbonyl (C=O) groups is 2. The van der Waals surface area contributed by atoms with E-state index < -0.39 is 5.41 Å². The van der Waals surface area contributed by atoms with Gasteiger partial charge in [-0.25, -0.2) is 0 Å². The molecule has 0 unspecified atom stereocenters. The molecule has 4 nitrogen and oxygen atoms in total. The van der Waals surface area contributed by atoms with E-state index in [1.165, 1.54) is 5.56 Å². The van der Waals surface area contributed by atoms with Crippen LogP contribution in [0.25, 0.3) is 0 Å². The van der Waals surface area contributed by atoms with E-state index in [4.69, 9.17) is 4.74 Å². The molecule has 1 aromatic rings. The Balaban J connectivity index is 1.92. The van der Waals surface area contributed by atoms with Crippen molar-refractivity contribution in [3.05, 3.63) is 35.9 Å². The number of likely N-dealkylation sites (tertiary alicyclic amines) is 1. The van der Waals surface area contributed by atoms with Crippen molar-refractivity contribution in [3.63, 3.8) is 0 Å². The number of nitrogens with zero attached hydrogens (tertiary/aromatic N) is 1. The summed E-state index contributed by atoms with van der Waals surface area (Å²) in [6.07, 6.45) is 2.13. The van der Waals surface area contributed by atoms with Crippen molar-refractivity contribution in [2.45, 2.75) is 40.0 Å². The fourth-order valence-electron chi connectivity index (χ4n) is 3.19. The second-order valence-corrected chi connectivity index (χ2v) is 6.86. The summed E-state index contributed by atoms with van der Waals surface area (Å²) in [6.45, 7) is 7.52. The van der Waals surface area contributed by atoms with Crippen molar-refractivity contribution in [2.75, 3.05) is 19.7 Å². The lowest BCUT2D eigenvalue weighted by Crippen LogP contribution is -2.47. The van der Waals surface area contributed by atoms with Crippen LogP contribution in [-0.4, -0.2) is 36.5 Å². The van der Waals surface area contributed by atoms with Crippen LogP contribution < -0.4 is 0 Å². The zero-order valence-corrected chi connectivity index (χ0v) is 14.4. The van der Waals surface area contributed by atoms with Crippen LogP contribution in [0.1, 0.15) is 39.2 Å². The van der Waals surface area contributed by atoms with Gasteiger partial charge in [-0.2, -0.15) is 0 Å². The van der Waals surface area contributed by atoms with Crippen LogP contribution in [-0.2, 0) is 20.7 Å². The second kappa shape index (κ2) is 7.62. The van der Waals surface area contributed by atoms with Gasteiger partial charge in [0.05, 0.1) is 12.5 Å². The third-order valence-electron chi connectivity index (χ3n) is 4.47. The molecule has 0 N–H and O–H groups in total. The largest absolute Gasteiger partial charge is 0.466 e. The fourth-order valence-corrected chi connectivity index (χ4v) is 3.19. The minimum atomic E-state index is -0.432. The second-order valence-electron chi connectivity index (χ2n) is 6.86. The molecule has 1 aromatic carbocycles. The quantitative estimate of drug-likeness (QED) is 0.784. The molecule has 2 rings (SSSR count). The zero-order chi connectivity index (χ0) is 16.9. The van der Waals surface area contributed by atoms with E-state index in [2.05, 4.69) is 12.1 Å². The third-order valence-corrected chi connectivity index (χ3v) is 4.47. The molecule has 1 fully saturated rings. The molecule has 1 aliphatic heterocycles. The van der Waals surface area contributed by atoms with Gasteiger partial charge < -0.3 is 9.64 Å². The lowest BCUT2D eigenvalue weighted by molar-refractivity contribution is -0.152. The number of esters is 1. The number of hydrogen-bond acceptors (Lipinski definition) is 3. The number of rotatable bonds is 5. The summed E-state index contributed by atoms with van der Waals surface area (Å²) in [7, 11) is 0. The highest BCUT2D eigenvalue weighted by atomic mass is 16.5. The van der Waals surface area contributed by atoms with E-state index in [0.717, 1.165) is 6.42 Å². The topological polar surface area (TPSA) is 46.6 Å². The maximum absolute atomic E-state index is 12.8. The van der Waals surface area contributed by atoms with E-state index >= 15 is 0 Å². The predicted molar refractivity (Wildman–Crippen MR) is 89.9 cm³/mol. The Bertz CT molecular complexity index is 531. The van der Waals surface area contributed by atoms with E-state index in [0.29, 0.717) is 32.5 Å². The van der Waals surface area contributed by atoms with E-state index in [9.17, 15) is 9.59 Å². The maximum atomic E-state index is 12.8. The number of benzene rings is 1. The first-order chi connectivity index (χ1) is 10.9. The number of ether oxygens (including phenoxy) is 1. The zero-order valence-electron chi connectivity index (χ0n) is 14.4. The molecule has 23 heavy (non-hydrogen) atoms. The van der Waals surface area contributed by atoms with Crippen LogP contribution in [0, 0.1) is 11.3 Å². The van der Waals surface area contributed by atoms with Crippen molar-refractivity contribution in [1.82, 2.24) is 4.90 Å². The van der Waals surface area contributed by atoms with Crippen molar-refractivity contribution in [3.8, 4) is 0 Å². The SMILES string of the molecule is CCOC(=O)C1CCN(C(=O)C(C)(C)Cc2ccccc2)CC1. The molecular weight excluding hydrogens is 290 g/mol. The normalized spacial score (nSPS) is 16.2. The lowest BCUT2D eigenvalue weighted by Gasteiger charge is -2.36. The van der Waals surface area contributed by atoms with Gasteiger partial charge in [0.25, 0.3) is 0 Å². The van der Waals surface area contributed by atoms with Crippen LogP contribution in [0.2, 0.25) is 0 Å². The molecule has 126 valence electrons. The standard InChI is InChI=1S/C19H27NO3/c1-4-23-17(21)16-10-12-20(13-11-16)18(22)19(2,3)14-15-8-6-5-7-9-15/h5-9,16H,4,10-14H2,1-3H3. The van der Waals surface area contributed by atoms with Gasteiger partial charge in [-0.1, -0.05) is 44.2 Å². The highest BCUT2D eigenvalue weighted by molar-refractivity contribution is 5.82. The number of piperidine rings is 1. The Labute approximate surface area is 138 Å². The Hall–Kier alpha value is -1.84. The number of hydrogen-bond donors (Lipinski definition) is 0. The molecular formula is C19H27NO3. The first kappa shape index (κ1) is 17.5. The summed E-state index contributed by atoms with van der Waals surface area (Å²) in [5, 5.41) is 0. The Morgan fingerprint density at radius 1 is 1.17 bits per heavy atom. The van der Waals surface area contributed by atoms with Gasteiger partial charge in [0.1, 0.15) is 0 Å². The molecule has 0 saturated carbocycles. The minimum absolute atomic E-state index is 0.0590. The summed E-state index contributed by atoms with van der Waals surface area (Å²) < 4.78 is 5.08. The molecule has 1 saturated heterocycles. The van der Waals surface area contributed by atoms with E-state index in [1.54, 1.807) is 0 Å². The molecule has 1 heterocycles. The summed E-state index contributed by atoms with van der Waals surface area (Å²) >= 11 is 0. The molecule has 0 radical (unpaired) electrons. The first-order valence-electron chi connectivity index (χ1n) is 8.44. The average molecular weight is 317 g/mol. The van der Waals surface area contributed by atoms with Crippen LogP contribution in [0.3, 0.4) is 0 Å². The van der Waals surface area contributed by atoms with Crippen LogP contribution >= 0.6 is 0 Å². The summed E-state index contributed by atoms with van der Waals surface area (Å²) in [6, 6.07) is 10.1. The smallest absolute Gasteiger partial charge is 0.309 e. The minimum Gasteiger partial charge on any atom is -0.466 e. The molecule has 1 amide bonds. The molecule has 0 aliphatic carbocycles. The molecule has 0 aromatic heterocycles. The van der Waals surface area contributed by atoms with Crippen LogP contribution in [0.4, 0.5) is 0 Å². The van der Waals surface area contributed by atoms with Gasteiger partial charge in [0.2, 0.25) is 5.91 Å². The van der Waals surface area contributed by atoms with Crippen LogP contribution in [0.5, 0.6) is 0 Å². The van der Waals surface area contributed by atoms with Gasteiger partial charge >= 0.3 is 5.97 Å². The maximum Gasteiger partial charge on any atom is 0.309 e. The highest BCUT2D eigenvalue weighted by Crippen LogP contribution is 2.28. The molecule has 1 aliphatic rings.